The molecule has 0 saturated heterocycles. The van der Waals surface area contributed by atoms with Crippen LogP contribution >= 0.6 is 11.3 Å². The number of nitrogens with one attached hydrogen (secondary N) is 2. The average Bonchev–Trinajstić information content (AvgIpc) is 2.92. The van der Waals surface area contributed by atoms with E-state index in [2.05, 4.69) is 41.6 Å². The second-order valence-electron chi connectivity index (χ2n) is 5.00. The first kappa shape index (κ1) is 15.5. The van der Waals surface area contributed by atoms with E-state index in [1.165, 1.54) is 9.75 Å². The average molecular weight is 303 g/mol. The monoisotopic (exact) mass is 303 g/mol. The van der Waals surface area contributed by atoms with E-state index in [0.29, 0.717) is 5.56 Å². The van der Waals surface area contributed by atoms with E-state index in [0.717, 1.165) is 18.8 Å². The Morgan fingerprint density at radius 2 is 2.19 bits per heavy atom. The lowest BCUT2D eigenvalue weighted by molar-refractivity contribution is 0.0940. The molecule has 2 N–H and O–H groups in total. The van der Waals surface area contributed by atoms with Gasteiger partial charge < -0.3 is 10.6 Å². The summed E-state index contributed by atoms with van der Waals surface area (Å²) in [6, 6.07) is 7.67. The fourth-order valence-electron chi connectivity index (χ4n) is 1.96. The normalized spacial score (nSPS) is 12.0. The number of hydrogen-bond donors (Lipinski definition) is 2. The Hall–Kier alpha value is -1.88. The van der Waals surface area contributed by atoms with Gasteiger partial charge in [0.25, 0.3) is 5.91 Å². The van der Waals surface area contributed by atoms with Gasteiger partial charge in [-0.3, -0.25) is 4.79 Å². The fraction of sp³-hybridized carbons (Fsp3) is 0.375. The SMILES string of the molecule is CCCNc1cc(C(=O)NC(C)c2ccc(C)s2)ccn1. The summed E-state index contributed by atoms with van der Waals surface area (Å²) in [5.41, 5.74) is 0.628. The van der Waals surface area contributed by atoms with Gasteiger partial charge in [0.05, 0.1) is 6.04 Å². The maximum Gasteiger partial charge on any atom is 0.251 e. The van der Waals surface area contributed by atoms with Crippen molar-refractivity contribution in [3.8, 4) is 0 Å². The van der Waals surface area contributed by atoms with Gasteiger partial charge in [-0.25, -0.2) is 4.98 Å². The summed E-state index contributed by atoms with van der Waals surface area (Å²) in [5.74, 6) is 0.666. The Morgan fingerprint density at radius 1 is 1.38 bits per heavy atom. The molecule has 0 saturated carbocycles. The lowest BCUT2D eigenvalue weighted by Gasteiger charge is -2.13. The first-order valence-corrected chi connectivity index (χ1v) is 7.99. The van der Waals surface area contributed by atoms with Crippen LogP contribution in [-0.4, -0.2) is 17.4 Å². The van der Waals surface area contributed by atoms with Crippen LogP contribution in [-0.2, 0) is 0 Å². The highest BCUT2D eigenvalue weighted by Gasteiger charge is 2.13. The number of hydrogen-bond acceptors (Lipinski definition) is 4. The summed E-state index contributed by atoms with van der Waals surface area (Å²) in [5, 5.41) is 6.21. The maximum absolute atomic E-state index is 12.3. The van der Waals surface area contributed by atoms with E-state index in [1.54, 1.807) is 29.7 Å². The van der Waals surface area contributed by atoms with Crippen molar-refractivity contribution in [1.29, 1.82) is 0 Å². The third kappa shape index (κ3) is 4.29. The smallest absolute Gasteiger partial charge is 0.251 e. The molecule has 2 aromatic rings. The molecule has 0 aliphatic carbocycles. The van der Waals surface area contributed by atoms with Crippen LogP contribution in [0.25, 0.3) is 0 Å². The van der Waals surface area contributed by atoms with E-state index in [-0.39, 0.29) is 11.9 Å². The summed E-state index contributed by atoms with van der Waals surface area (Å²) in [7, 11) is 0. The topological polar surface area (TPSA) is 54.0 Å². The number of rotatable bonds is 6. The summed E-state index contributed by atoms with van der Waals surface area (Å²) < 4.78 is 0. The molecule has 0 bridgehead atoms. The van der Waals surface area contributed by atoms with Crippen LogP contribution in [0.4, 0.5) is 5.82 Å². The molecule has 1 atom stereocenters. The summed E-state index contributed by atoms with van der Waals surface area (Å²) in [6.07, 6.45) is 2.68. The highest BCUT2D eigenvalue weighted by Crippen LogP contribution is 2.22. The molecule has 1 unspecified atom stereocenters. The number of anilines is 1. The van der Waals surface area contributed by atoms with Crippen LogP contribution < -0.4 is 10.6 Å². The number of nitrogens with zero attached hydrogens (tertiary/aromatic N) is 1. The van der Waals surface area contributed by atoms with Crippen molar-refractivity contribution in [2.75, 3.05) is 11.9 Å². The second kappa shape index (κ2) is 7.22. The Labute approximate surface area is 129 Å². The maximum atomic E-state index is 12.3. The molecule has 2 aromatic heterocycles. The quantitative estimate of drug-likeness (QED) is 0.854. The Balaban J connectivity index is 2.02. The molecule has 2 heterocycles. The Morgan fingerprint density at radius 3 is 2.86 bits per heavy atom. The zero-order chi connectivity index (χ0) is 15.2. The number of aromatic nitrogens is 1. The van der Waals surface area contributed by atoms with E-state index in [9.17, 15) is 4.79 Å². The molecule has 2 rings (SSSR count). The van der Waals surface area contributed by atoms with Crippen molar-refractivity contribution in [3.63, 3.8) is 0 Å². The van der Waals surface area contributed by atoms with Gasteiger partial charge >= 0.3 is 0 Å². The molecule has 0 radical (unpaired) electrons. The third-order valence-electron chi connectivity index (χ3n) is 3.11. The van der Waals surface area contributed by atoms with Crippen molar-refractivity contribution in [1.82, 2.24) is 10.3 Å². The summed E-state index contributed by atoms with van der Waals surface area (Å²) >= 11 is 1.71. The molecule has 1 amide bonds. The molecule has 112 valence electrons. The van der Waals surface area contributed by atoms with Gasteiger partial charge in [0.2, 0.25) is 0 Å². The first-order chi connectivity index (χ1) is 10.1. The molecule has 0 spiro atoms. The molecule has 0 fully saturated rings. The number of carbonyl (C=O) groups excluding carboxylic acids is 1. The molecule has 5 heteroatoms. The second-order valence-corrected chi connectivity index (χ2v) is 6.32. The van der Waals surface area contributed by atoms with Gasteiger partial charge in [-0.2, -0.15) is 0 Å². The van der Waals surface area contributed by atoms with Crippen LogP contribution in [0.5, 0.6) is 0 Å². The minimum Gasteiger partial charge on any atom is -0.370 e. The van der Waals surface area contributed by atoms with Crippen molar-refractivity contribution in [3.05, 3.63) is 45.8 Å². The van der Waals surface area contributed by atoms with Crippen molar-refractivity contribution in [2.24, 2.45) is 0 Å². The van der Waals surface area contributed by atoms with Gasteiger partial charge in [0.1, 0.15) is 5.82 Å². The predicted molar refractivity (Wildman–Crippen MR) is 88.0 cm³/mol. The number of thiophene rings is 1. The zero-order valence-corrected chi connectivity index (χ0v) is 13.5. The number of pyridine rings is 1. The van der Waals surface area contributed by atoms with Gasteiger partial charge in [-0.05, 0) is 44.5 Å². The lowest BCUT2D eigenvalue weighted by atomic mass is 10.2. The molecular weight excluding hydrogens is 282 g/mol. The van der Waals surface area contributed by atoms with E-state index < -0.39 is 0 Å². The highest BCUT2D eigenvalue weighted by molar-refractivity contribution is 7.12. The largest absolute Gasteiger partial charge is 0.370 e. The molecular formula is C16H21N3OS. The van der Waals surface area contributed by atoms with E-state index >= 15 is 0 Å². The zero-order valence-electron chi connectivity index (χ0n) is 12.6. The number of carbonyl (C=O) groups is 1. The Kier molecular flexibility index (Phi) is 5.33. The molecule has 21 heavy (non-hydrogen) atoms. The predicted octanol–water partition coefficient (Wildman–Crippen LogP) is 3.76. The van der Waals surface area contributed by atoms with E-state index in [1.807, 2.05) is 6.92 Å². The molecule has 0 aliphatic heterocycles. The molecule has 0 aliphatic rings. The first-order valence-electron chi connectivity index (χ1n) is 7.17. The summed E-state index contributed by atoms with van der Waals surface area (Å²) in [6.45, 7) is 7.01. The van der Waals surface area contributed by atoms with E-state index in [4.69, 9.17) is 0 Å². The van der Waals surface area contributed by atoms with Crippen molar-refractivity contribution in [2.45, 2.75) is 33.2 Å². The third-order valence-corrected chi connectivity index (χ3v) is 4.30. The van der Waals surface area contributed by atoms with Gasteiger partial charge in [-0.1, -0.05) is 6.92 Å². The van der Waals surface area contributed by atoms with Crippen LogP contribution in [0.15, 0.2) is 30.5 Å². The fourth-order valence-corrected chi connectivity index (χ4v) is 2.84. The van der Waals surface area contributed by atoms with Gasteiger partial charge in [-0.15, -0.1) is 11.3 Å². The van der Waals surface area contributed by atoms with Gasteiger partial charge in [0.15, 0.2) is 0 Å². The highest BCUT2D eigenvalue weighted by atomic mass is 32.1. The number of amides is 1. The molecule has 0 aromatic carbocycles. The van der Waals surface area contributed by atoms with Crippen LogP contribution in [0.2, 0.25) is 0 Å². The van der Waals surface area contributed by atoms with Crippen molar-refractivity contribution < 1.29 is 4.79 Å². The molecule has 4 nitrogen and oxygen atoms in total. The Bertz CT molecular complexity index is 609. The van der Waals surface area contributed by atoms with Crippen molar-refractivity contribution >= 4 is 23.1 Å². The minimum absolute atomic E-state index is 0.0106. The van der Waals surface area contributed by atoms with Crippen LogP contribution in [0, 0.1) is 6.92 Å². The van der Waals surface area contributed by atoms with Crippen LogP contribution in [0.1, 0.15) is 46.4 Å². The van der Waals surface area contributed by atoms with Crippen LogP contribution in [0.3, 0.4) is 0 Å². The lowest BCUT2D eigenvalue weighted by Crippen LogP contribution is -2.26. The summed E-state index contributed by atoms with van der Waals surface area (Å²) in [4.78, 5) is 18.9. The van der Waals surface area contributed by atoms with Gasteiger partial charge in [0, 0.05) is 28.1 Å². The minimum atomic E-state index is -0.0736. The standard InChI is InChI=1S/C16H21N3OS/c1-4-8-17-15-10-13(7-9-18-15)16(20)19-12(3)14-6-5-11(2)21-14/h5-7,9-10,12H,4,8H2,1-3H3,(H,17,18)(H,19,20). The number of aryl methyl sites for hydroxylation is 1.